The van der Waals surface area contributed by atoms with Crippen LogP contribution in [0, 0.1) is 20.2 Å². The van der Waals surface area contributed by atoms with E-state index < -0.39 is 79.1 Å². The number of nitrogens with two attached hydrogens (primary N) is 1. The summed E-state index contributed by atoms with van der Waals surface area (Å²) in [5.74, 6) is -2.22. The molecule has 0 saturated heterocycles. The summed E-state index contributed by atoms with van der Waals surface area (Å²) in [7, 11) is 1.89. The summed E-state index contributed by atoms with van der Waals surface area (Å²) < 4.78 is 84.1. The molecule has 13 nitrogen and oxygen atoms in total. The predicted molar refractivity (Wildman–Crippen MR) is 111 cm³/mol. The van der Waals surface area contributed by atoms with E-state index in [0.29, 0.717) is 18.2 Å². The van der Waals surface area contributed by atoms with Gasteiger partial charge in [0.25, 0.3) is 11.4 Å². The van der Waals surface area contributed by atoms with Crippen molar-refractivity contribution in [2.75, 3.05) is 20.0 Å². The number of nitro benzene ring substituents is 2. The first-order chi connectivity index (χ1) is 17.4. The van der Waals surface area contributed by atoms with Crippen LogP contribution < -0.4 is 5.73 Å². The maximum Gasteiger partial charge on any atom is 0.423 e. The fourth-order valence-corrected chi connectivity index (χ4v) is 2.64. The Balaban J connectivity index is 0.000000382. The summed E-state index contributed by atoms with van der Waals surface area (Å²) >= 11 is 0. The second-order valence-electron chi connectivity index (χ2n) is 6.54. The zero-order valence-corrected chi connectivity index (χ0v) is 18.7. The molecule has 0 spiro atoms. The number of anilines is 1. The van der Waals surface area contributed by atoms with E-state index in [2.05, 4.69) is 14.5 Å². The molecule has 2 aromatic carbocycles. The van der Waals surface area contributed by atoms with Crippen molar-refractivity contribution in [3.05, 3.63) is 66.7 Å². The van der Waals surface area contributed by atoms with E-state index in [1.807, 2.05) is 0 Å². The monoisotopic (exact) mass is 554 g/mol. The van der Waals surface area contributed by atoms with Gasteiger partial charge in [-0.2, -0.15) is 31.3 Å². The minimum absolute atomic E-state index is 0.218. The molecule has 2 aromatic rings. The van der Waals surface area contributed by atoms with Crippen LogP contribution in [-0.2, 0) is 26.6 Å². The van der Waals surface area contributed by atoms with Gasteiger partial charge in [0, 0.05) is 17.8 Å². The van der Waals surface area contributed by atoms with E-state index >= 15 is 0 Å². The summed E-state index contributed by atoms with van der Waals surface area (Å²) in [4.78, 5) is 54.2. The molecule has 0 atom stereocenters. The van der Waals surface area contributed by atoms with Crippen LogP contribution in [0.5, 0.6) is 0 Å². The second-order valence-corrected chi connectivity index (χ2v) is 6.54. The van der Waals surface area contributed by atoms with Gasteiger partial charge in [-0.1, -0.05) is 0 Å². The quantitative estimate of drug-likeness (QED) is 0.106. The number of nitro groups is 2. The molecule has 19 heteroatoms. The molecule has 0 radical (unpaired) electrons. The molecule has 2 rings (SSSR count). The smallest absolute Gasteiger partial charge is 0.423 e. The van der Waals surface area contributed by atoms with Crippen molar-refractivity contribution in [1.29, 1.82) is 0 Å². The van der Waals surface area contributed by atoms with Gasteiger partial charge in [-0.15, -0.1) is 0 Å². The molecular formula is C19H12F6N4O9. The lowest BCUT2D eigenvalue weighted by molar-refractivity contribution is -0.388. The van der Waals surface area contributed by atoms with Crippen molar-refractivity contribution >= 4 is 40.8 Å². The Kier molecular flexibility index (Phi) is 9.60. The van der Waals surface area contributed by atoms with Crippen molar-refractivity contribution in [2.24, 2.45) is 4.99 Å². The maximum atomic E-state index is 12.7. The number of esters is 2. The maximum absolute atomic E-state index is 12.7. The number of aliphatic imine (C=N–C) groups is 1. The first-order valence-electron chi connectivity index (χ1n) is 9.19. The highest BCUT2D eigenvalue weighted by atomic mass is 19.4. The predicted octanol–water partition coefficient (Wildman–Crippen LogP) is 4.35. The number of isocyanates is 1. The normalized spacial score (nSPS) is 10.8. The number of hydrogen-bond donors (Lipinski definition) is 1. The highest BCUT2D eigenvalue weighted by Crippen LogP contribution is 2.40. The van der Waals surface area contributed by atoms with E-state index in [1.165, 1.54) is 0 Å². The van der Waals surface area contributed by atoms with Crippen LogP contribution in [0.2, 0.25) is 0 Å². The number of carbonyl (C=O) groups is 2. The molecule has 0 heterocycles. The molecule has 0 bridgehead atoms. The first kappa shape index (κ1) is 31.0. The fraction of sp³-hybridized carbons (Fsp3) is 0.211. The van der Waals surface area contributed by atoms with Gasteiger partial charge in [-0.3, -0.25) is 20.2 Å². The number of alkyl halides is 6. The number of rotatable bonds is 5. The Morgan fingerprint density at radius 1 is 0.842 bits per heavy atom. The van der Waals surface area contributed by atoms with E-state index in [-0.39, 0.29) is 6.07 Å². The summed E-state index contributed by atoms with van der Waals surface area (Å²) in [6, 6.07) is 1.36. The van der Waals surface area contributed by atoms with Gasteiger partial charge in [-0.25, -0.2) is 14.4 Å². The van der Waals surface area contributed by atoms with Crippen molar-refractivity contribution in [3.63, 3.8) is 0 Å². The first-order valence-corrected chi connectivity index (χ1v) is 9.19. The molecule has 0 aromatic heterocycles. The summed E-state index contributed by atoms with van der Waals surface area (Å²) in [5, 5.41) is 21.2. The lowest BCUT2D eigenvalue weighted by Crippen LogP contribution is -2.13. The zero-order valence-electron chi connectivity index (χ0n) is 18.7. The third kappa shape index (κ3) is 7.23. The van der Waals surface area contributed by atoms with Crippen LogP contribution in [0.3, 0.4) is 0 Å². The van der Waals surface area contributed by atoms with Gasteiger partial charge in [0.2, 0.25) is 6.08 Å². The molecule has 204 valence electrons. The Morgan fingerprint density at radius 2 is 1.24 bits per heavy atom. The minimum atomic E-state index is -5.05. The highest BCUT2D eigenvalue weighted by molar-refractivity contribution is 5.97. The van der Waals surface area contributed by atoms with Crippen molar-refractivity contribution in [1.82, 2.24) is 0 Å². The molecule has 0 saturated carbocycles. The molecule has 38 heavy (non-hydrogen) atoms. The second kappa shape index (κ2) is 11.8. The van der Waals surface area contributed by atoms with E-state index in [1.54, 1.807) is 0 Å². The van der Waals surface area contributed by atoms with Crippen LogP contribution in [0.25, 0.3) is 0 Å². The van der Waals surface area contributed by atoms with E-state index in [4.69, 9.17) is 5.73 Å². The fourth-order valence-electron chi connectivity index (χ4n) is 2.64. The van der Waals surface area contributed by atoms with Gasteiger partial charge in [0.15, 0.2) is 0 Å². The Morgan fingerprint density at radius 3 is 1.61 bits per heavy atom. The van der Waals surface area contributed by atoms with Crippen LogP contribution in [0.1, 0.15) is 31.8 Å². The highest BCUT2D eigenvalue weighted by Gasteiger charge is 2.41. The van der Waals surface area contributed by atoms with Gasteiger partial charge in [0.05, 0.1) is 40.9 Å². The third-order valence-corrected chi connectivity index (χ3v) is 4.26. The van der Waals surface area contributed by atoms with Crippen LogP contribution >= 0.6 is 0 Å². The van der Waals surface area contributed by atoms with Gasteiger partial charge in [-0.05, 0) is 12.1 Å². The van der Waals surface area contributed by atoms with Crippen LogP contribution in [0.4, 0.5) is 49.1 Å². The minimum Gasteiger partial charge on any atom is -0.465 e. The largest absolute Gasteiger partial charge is 0.465 e. The number of halogens is 6. The Labute approximate surface area is 205 Å². The number of ether oxygens (including phenoxy) is 2. The summed E-state index contributed by atoms with van der Waals surface area (Å²) in [5.41, 5.74) is -2.90. The Hall–Kier alpha value is -5.06. The molecule has 0 fully saturated rings. The third-order valence-electron chi connectivity index (χ3n) is 4.26. The zero-order chi connectivity index (χ0) is 29.6. The van der Waals surface area contributed by atoms with Crippen molar-refractivity contribution in [3.8, 4) is 0 Å². The summed E-state index contributed by atoms with van der Waals surface area (Å²) in [6.45, 7) is 0. The number of methoxy groups -OCH3 is 2. The topological polar surface area (TPSA) is 194 Å². The lowest BCUT2D eigenvalue weighted by Gasteiger charge is -2.10. The standard InChI is InChI=1S/C10H5F3N2O5.C9H7F3N2O4/c1-20-9(17)5-2-8(15(18)19)6(10(11,12)13)3-7(5)14-4-16;1-18-8(15)4-2-7(14(16)17)5(3-6(4)13)9(10,11)12/h2-3H,1H3;2-3H,13H2,1H3. The van der Waals surface area contributed by atoms with Crippen LogP contribution in [-0.4, -0.2) is 42.1 Å². The average Bonchev–Trinajstić information content (AvgIpc) is 2.81. The summed E-state index contributed by atoms with van der Waals surface area (Å²) in [6.07, 6.45) is -9.03. The molecule has 2 N–H and O–H groups in total. The van der Waals surface area contributed by atoms with E-state index in [9.17, 15) is 61.0 Å². The van der Waals surface area contributed by atoms with Crippen molar-refractivity contribution in [2.45, 2.75) is 12.4 Å². The number of hydrogen-bond acceptors (Lipinski definition) is 11. The molecule has 0 aliphatic rings. The Bertz CT molecular complexity index is 1340. The molecule has 0 unspecified atom stereocenters. The number of carbonyl (C=O) groups excluding carboxylic acids is 3. The molecule has 0 amide bonds. The van der Waals surface area contributed by atoms with Gasteiger partial charge >= 0.3 is 24.3 Å². The van der Waals surface area contributed by atoms with Crippen LogP contribution in [0.15, 0.2) is 29.3 Å². The average molecular weight is 554 g/mol. The molecule has 0 aliphatic heterocycles. The van der Waals surface area contributed by atoms with Gasteiger partial charge in [0.1, 0.15) is 11.1 Å². The van der Waals surface area contributed by atoms with Crippen molar-refractivity contribution < 1.29 is 60.0 Å². The molecule has 0 aliphatic carbocycles. The number of nitrogens with zero attached hydrogens (tertiary/aromatic N) is 3. The SMILES string of the molecule is COC(=O)c1cc([N+](=O)[O-])c(C(F)(F)F)cc1N.COC(=O)c1cc([N+](=O)[O-])c(C(F)(F)F)cc1N=C=O. The molecular weight excluding hydrogens is 542 g/mol. The number of benzene rings is 2. The number of nitrogen functional groups attached to an aromatic ring is 1. The lowest BCUT2D eigenvalue weighted by atomic mass is 10.1. The van der Waals surface area contributed by atoms with Gasteiger partial charge < -0.3 is 15.2 Å². The van der Waals surface area contributed by atoms with E-state index in [0.717, 1.165) is 20.3 Å².